The minimum atomic E-state index is 0.193. The lowest BCUT2D eigenvalue weighted by atomic mass is 10.0. The lowest BCUT2D eigenvalue weighted by Crippen LogP contribution is -2.21. The first-order chi connectivity index (χ1) is 10.3. The van der Waals surface area contributed by atoms with Crippen LogP contribution in [0.4, 0.5) is 11.6 Å². The van der Waals surface area contributed by atoms with E-state index in [4.69, 9.17) is 10.5 Å². The van der Waals surface area contributed by atoms with Gasteiger partial charge in [-0.05, 0) is 12.5 Å². The van der Waals surface area contributed by atoms with Crippen molar-refractivity contribution in [2.75, 3.05) is 17.7 Å². The molecular formula is C16H20N4O. The minimum absolute atomic E-state index is 0.193. The van der Waals surface area contributed by atoms with Crippen molar-refractivity contribution in [1.29, 1.82) is 0 Å². The fourth-order valence-corrected chi connectivity index (χ4v) is 2.60. The van der Waals surface area contributed by atoms with Crippen molar-refractivity contribution in [2.24, 2.45) is 0 Å². The summed E-state index contributed by atoms with van der Waals surface area (Å²) < 4.78 is 5.68. The van der Waals surface area contributed by atoms with Crippen molar-refractivity contribution >= 4 is 11.6 Å². The van der Waals surface area contributed by atoms with Crippen LogP contribution in [0.3, 0.4) is 0 Å². The van der Waals surface area contributed by atoms with Crippen LogP contribution in [-0.2, 0) is 6.42 Å². The maximum Gasteiger partial charge on any atom is 0.133 e. The molecule has 1 unspecified atom stereocenters. The average molecular weight is 284 g/mol. The number of aryl methyl sites for hydroxylation is 1. The van der Waals surface area contributed by atoms with E-state index in [0.717, 1.165) is 42.2 Å². The molecule has 2 heterocycles. The molecule has 3 rings (SSSR count). The van der Waals surface area contributed by atoms with Crippen LogP contribution >= 0.6 is 0 Å². The van der Waals surface area contributed by atoms with Gasteiger partial charge in [-0.15, -0.1) is 0 Å². The summed E-state index contributed by atoms with van der Waals surface area (Å²) in [6.07, 6.45) is 2.75. The molecule has 0 amide bonds. The van der Waals surface area contributed by atoms with Crippen molar-refractivity contribution < 1.29 is 4.74 Å². The highest BCUT2D eigenvalue weighted by Crippen LogP contribution is 2.33. The number of hydrogen-bond donors (Lipinski definition) is 2. The van der Waals surface area contributed by atoms with Gasteiger partial charge < -0.3 is 15.8 Å². The third-order valence-corrected chi connectivity index (χ3v) is 3.55. The standard InChI is InChI=1S/C16H20N4O/c1-2-5-15-19-14(17)10-16(20-15)18-12-8-9-21-13-7-4-3-6-11(12)13/h3-4,6-7,10,12H,2,5,8-9H2,1H3,(H3,17,18,19,20). The molecule has 2 aromatic rings. The van der Waals surface area contributed by atoms with E-state index in [1.54, 1.807) is 6.07 Å². The highest BCUT2D eigenvalue weighted by atomic mass is 16.5. The van der Waals surface area contributed by atoms with Gasteiger partial charge in [-0.1, -0.05) is 25.1 Å². The largest absolute Gasteiger partial charge is 0.493 e. The normalized spacial score (nSPS) is 16.9. The molecule has 0 fully saturated rings. The first-order valence-corrected chi connectivity index (χ1v) is 7.38. The zero-order valence-electron chi connectivity index (χ0n) is 12.2. The third kappa shape index (κ3) is 3.07. The fourth-order valence-electron chi connectivity index (χ4n) is 2.60. The van der Waals surface area contributed by atoms with Crippen molar-refractivity contribution in [3.05, 3.63) is 41.7 Å². The second-order valence-electron chi connectivity index (χ2n) is 5.22. The monoisotopic (exact) mass is 284 g/mol. The van der Waals surface area contributed by atoms with Gasteiger partial charge >= 0.3 is 0 Å². The Labute approximate surface area is 124 Å². The summed E-state index contributed by atoms with van der Waals surface area (Å²) in [6.45, 7) is 2.81. The van der Waals surface area contributed by atoms with Crippen LogP contribution in [0.2, 0.25) is 0 Å². The van der Waals surface area contributed by atoms with Gasteiger partial charge in [-0.3, -0.25) is 0 Å². The second kappa shape index (κ2) is 5.99. The number of nitrogens with two attached hydrogens (primary N) is 1. The lowest BCUT2D eigenvalue weighted by molar-refractivity contribution is 0.274. The van der Waals surface area contributed by atoms with Gasteiger partial charge in [0.1, 0.15) is 23.2 Å². The summed E-state index contributed by atoms with van der Waals surface area (Å²) in [7, 11) is 0. The van der Waals surface area contributed by atoms with Gasteiger partial charge in [0.05, 0.1) is 12.6 Å². The predicted octanol–water partition coefficient (Wildman–Crippen LogP) is 2.95. The highest BCUT2D eigenvalue weighted by molar-refractivity contribution is 5.48. The number of anilines is 2. The Morgan fingerprint density at radius 2 is 2.19 bits per heavy atom. The number of hydrogen-bond acceptors (Lipinski definition) is 5. The molecule has 0 aliphatic carbocycles. The Balaban J connectivity index is 1.84. The van der Waals surface area contributed by atoms with E-state index >= 15 is 0 Å². The molecule has 0 radical (unpaired) electrons. The van der Waals surface area contributed by atoms with Crippen LogP contribution in [0.15, 0.2) is 30.3 Å². The van der Waals surface area contributed by atoms with Crippen LogP contribution in [0, 0.1) is 0 Å². The second-order valence-corrected chi connectivity index (χ2v) is 5.22. The molecule has 1 aromatic heterocycles. The van der Waals surface area contributed by atoms with Crippen LogP contribution in [0.5, 0.6) is 5.75 Å². The number of benzene rings is 1. The van der Waals surface area contributed by atoms with Crippen LogP contribution in [0.1, 0.15) is 37.2 Å². The Kier molecular flexibility index (Phi) is 3.90. The zero-order chi connectivity index (χ0) is 14.7. The zero-order valence-corrected chi connectivity index (χ0v) is 12.2. The molecular weight excluding hydrogens is 264 g/mol. The smallest absolute Gasteiger partial charge is 0.133 e. The molecule has 1 aromatic carbocycles. The average Bonchev–Trinajstić information content (AvgIpc) is 2.47. The van der Waals surface area contributed by atoms with Crippen LogP contribution in [0.25, 0.3) is 0 Å². The summed E-state index contributed by atoms with van der Waals surface area (Å²) >= 11 is 0. The molecule has 0 saturated heterocycles. The summed E-state index contributed by atoms with van der Waals surface area (Å²) in [5, 5.41) is 3.47. The van der Waals surface area contributed by atoms with E-state index in [9.17, 15) is 0 Å². The number of rotatable bonds is 4. The topological polar surface area (TPSA) is 73.1 Å². The molecule has 110 valence electrons. The van der Waals surface area contributed by atoms with Crippen molar-refractivity contribution in [2.45, 2.75) is 32.2 Å². The lowest BCUT2D eigenvalue weighted by Gasteiger charge is -2.27. The summed E-state index contributed by atoms with van der Waals surface area (Å²) in [5.41, 5.74) is 7.04. The van der Waals surface area contributed by atoms with Crippen molar-refractivity contribution in [1.82, 2.24) is 9.97 Å². The predicted molar refractivity (Wildman–Crippen MR) is 83.4 cm³/mol. The number of nitrogens with zero attached hydrogens (tertiary/aromatic N) is 2. The number of nitrogen functional groups attached to an aromatic ring is 1. The number of fused-ring (bicyclic) bond motifs is 1. The number of para-hydroxylation sites is 1. The minimum Gasteiger partial charge on any atom is -0.493 e. The van der Waals surface area contributed by atoms with Gasteiger partial charge in [0.25, 0.3) is 0 Å². The number of ether oxygens (including phenoxy) is 1. The molecule has 0 saturated carbocycles. The number of aromatic nitrogens is 2. The van der Waals surface area contributed by atoms with Gasteiger partial charge in [0.2, 0.25) is 0 Å². The molecule has 21 heavy (non-hydrogen) atoms. The van der Waals surface area contributed by atoms with E-state index in [1.807, 2.05) is 18.2 Å². The Morgan fingerprint density at radius 3 is 3.05 bits per heavy atom. The van der Waals surface area contributed by atoms with Crippen molar-refractivity contribution in [3.8, 4) is 5.75 Å². The Hall–Kier alpha value is -2.30. The maximum absolute atomic E-state index is 5.87. The SMILES string of the molecule is CCCc1nc(N)cc(NC2CCOc3ccccc32)n1. The van der Waals surface area contributed by atoms with Crippen LogP contribution in [-0.4, -0.2) is 16.6 Å². The Bertz CT molecular complexity index is 629. The molecule has 3 N–H and O–H groups in total. The summed E-state index contributed by atoms with van der Waals surface area (Å²) in [4.78, 5) is 8.81. The molecule has 1 atom stereocenters. The van der Waals surface area contributed by atoms with Gasteiger partial charge in [0.15, 0.2) is 0 Å². The van der Waals surface area contributed by atoms with Crippen molar-refractivity contribution in [3.63, 3.8) is 0 Å². The van der Waals surface area contributed by atoms with E-state index in [2.05, 4.69) is 28.3 Å². The molecule has 5 heteroatoms. The van der Waals surface area contributed by atoms with Crippen LogP contribution < -0.4 is 15.8 Å². The third-order valence-electron chi connectivity index (χ3n) is 3.55. The molecule has 0 bridgehead atoms. The van der Waals surface area contributed by atoms with E-state index in [0.29, 0.717) is 12.4 Å². The maximum atomic E-state index is 5.87. The summed E-state index contributed by atoms with van der Waals surface area (Å²) in [6, 6.07) is 10.1. The van der Waals surface area contributed by atoms with E-state index < -0.39 is 0 Å². The molecule has 5 nitrogen and oxygen atoms in total. The fraction of sp³-hybridized carbons (Fsp3) is 0.375. The van der Waals surface area contributed by atoms with E-state index in [1.165, 1.54) is 0 Å². The molecule has 1 aliphatic heterocycles. The Morgan fingerprint density at radius 1 is 1.33 bits per heavy atom. The summed E-state index contributed by atoms with van der Waals surface area (Å²) in [5.74, 6) is 3.03. The first kappa shape index (κ1) is 13.7. The molecule has 0 spiro atoms. The van der Waals surface area contributed by atoms with Gasteiger partial charge in [0, 0.05) is 24.5 Å². The van der Waals surface area contributed by atoms with Gasteiger partial charge in [-0.2, -0.15) is 0 Å². The van der Waals surface area contributed by atoms with E-state index in [-0.39, 0.29) is 6.04 Å². The highest BCUT2D eigenvalue weighted by Gasteiger charge is 2.21. The molecule has 1 aliphatic rings. The first-order valence-electron chi connectivity index (χ1n) is 7.38. The number of nitrogens with one attached hydrogen (secondary N) is 1. The quantitative estimate of drug-likeness (QED) is 0.903. The van der Waals surface area contributed by atoms with Gasteiger partial charge in [-0.25, -0.2) is 9.97 Å².